The number of furan rings is 1. The average molecular weight is 210 g/mol. The Hall–Kier alpha value is -0.800. The molecular weight excluding hydrogens is 192 g/mol. The second kappa shape index (κ2) is 3.99. The van der Waals surface area contributed by atoms with Gasteiger partial charge in [-0.2, -0.15) is 0 Å². The summed E-state index contributed by atoms with van der Waals surface area (Å²) in [6.45, 7) is 4.02. The molecule has 15 heavy (non-hydrogen) atoms. The van der Waals surface area contributed by atoms with Gasteiger partial charge in [0.1, 0.15) is 0 Å². The van der Waals surface area contributed by atoms with Gasteiger partial charge in [-0.3, -0.25) is 0 Å². The highest BCUT2D eigenvalue weighted by molar-refractivity contribution is 5.10. The summed E-state index contributed by atoms with van der Waals surface area (Å²) in [6, 6.07) is 1.91. The monoisotopic (exact) mass is 210 g/mol. The highest BCUT2D eigenvalue weighted by Crippen LogP contribution is 2.31. The van der Waals surface area contributed by atoms with Crippen LogP contribution in [0.4, 0.5) is 0 Å². The first kappa shape index (κ1) is 10.7. The Morgan fingerprint density at radius 3 is 2.60 bits per heavy atom. The largest absolute Gasteiger partial charge is 0.472 e. The molecule has 0 spiro atoms. The molecule has 84 valence electrons. The molecule has 1 aromatic heterocycles. The van der Waals surface area contributed by atoms with E-state index in [2.05, 4.69) is 0 Å². The summed E-state index contributed by atoms with van der Waals surface area (Å²) in [6.07, 6.45) is 5.65. The lowest BCUT2D eigenvalue weighted by Crippen LogP contribution is -2.44. The summed E-state index contributed by atoms with van der Waals surface area (Å²) in [5.74, 6) is 0. The summed E-state index contributed by atoms with van der Waals surface area (Å²) in [7, 11) is 0. The molecule has 0 bridgehead atoms. The van der Waals surface area contributed by atoms with Gasteiger partial charge in [0, 0.05) is 19.3 Å². The fourth-order valence-electron chi connectivity index (χ4n) is 2.56. The third-order valence-corrected chi connectivity index (χ3v) is 2.91. The fraction of sp³-hybridized carbons (Fsp3) is 0.667. The molecule has 3 heteroatoms. The molecule has 2 heterocycles. The second-order valence-electron chi connectivity index (χ2n) is 4.70. The van der Waals surface area contributed by atoms with Gasteiger partial charge in [-0.1, -0.05) is 0 Å². The smallest absolute Gasteiger partial charge is 0.0935 e. The number of rotatable bonds is 2. The van der Waals surface area contributed by atoms with Crippen molar-refractivity contribution >= 4 is 0 Å². The van der Waals surface area contributed by atoms with Crippen molar-refractivity contribution in [1.29, 1.82) is 0 Å². The summed E-state index contributed by atoms with van der Waals surface area (Å²) in [5.41, 5.74) is 0.417. The van der Waals surface area contributed by atoms with E-state index in [1.165, 1.54) is 0 Å². The molecule has 0 saturated carbocycles. The van der Waals surface area contributed by atoms with E-state index in [-0.39, 0.29) is 12.2 Å². The van der Waals surface area contributed by atoms with Gasteiger partial charge in [0.05, 0.1) is 30.3 Å². The molecule has 1 saturated heterocycles. The predicted octanol–water partition coefficient (Wildman–Crippen LogP) is 2.14. The van der Waals surface area contributed by atoms with Crippen LogP contribution in [0.1, 0.15) is 32.3 Å². The van der Waals surface area contributed by atoms with E-state index in [0.29, 0.717) is 19.3 Å². The number of hydrogen-bond acceptors (Lipinski definition) is 3. The van der Waals surface area contributed by atoms with Crippen molar-refractivity contribution in [2.24, 2.45) is 0 Å². The van der Waals surface area contributed by atoms with Crippen molar-refractivity contribution in [1.82, 2.24) is 0 Å². The molecule has 0 aliphatic carbocycles. The van der Waals surface area contributed by atoms with Gasteiger partial charge in [-0.25, -0.2) is 0 Å². The molecule has 2 atom stereocenters. The lowest BCUT2D eigenvalue weighted by molar-refractivity contribution is -0.130. The van der Waals surface area contributed by atoms with Gasteiger partial charge >= 0.3 is 0 Å². The maximum Gasteiger partial charge on any atom is 0.0935 e. The fourth-order valence-corrected chi connectivity index (χ4v) is 2.56. The van der Waals surface area contributed by atoms with Gasteiger partial charge in [-0.05, 0) is 25.5 Å². The first-order valence-electron chi connectivity index (χ1n) is 5.46. The standard InChI is InChI=1S/C12H18O3/c1-9-5-12(13,6-10(2)15-9)7-11-3-4-14-8-11/h3-4,8-10,13H,5-7H2,1-2H3. The van der Waals surface area contributed by atoms with Gasteiger partial charge in [-0.15, -0.1) is 0 Å². The van der Waals surface area contributed by atoms with E-state index in [1.54, 1.807) is 12.5 Å². The van der Waals surface area contributed by atoms with Crippen LogP contribution in [-0.2, 0) is 11.2 Å². The third-order valence-electron chi connectivity index (χ3n) is 2.91. The van der Waals surface area contributed by atoms with Crippen LogP contribution in [0.15, 0.2) is 23.0 Å². The van der Waals surface area contributed by atoms with Crippen molar-refractivity contribution in [2.45, 2.75) is 50.9 Å². The first-order chi connectivity index (χ1) is 7.07. The zero-order valence-corrected chi connectivity index (χ0v) is 9.27. The Morgan fingerprint density at radius 1 is 1.40 bits per heavy atom. The van der Waals surface area contributed by atoms with Gasteiger partial charge in [0.25, 0.3) is 0 Å². The van der Waals surface area contributed by atoms with Crippen LogP contribution in [0.5, 0.6) is 0 Å². The van der Waals surface area contributed by atoms with Gasteiger partial charge in [0.2, 0.25) is 0 Å². The van der Waals surface area contributed by atoms with E-state index >= 15 is 0 Å². The number of aliphatic hydroxyl groups is 1. The predicted molar refractivity (Wildman–Crippen MR) is 56.6 cm³/mol. The molecule has 3 nitrogen and oxygen atoms in total. The SMILES string of the molecule is CC1CC(O)(Cc2ccoc2)CC(C)O1. The lowest BCUT2D eigenvalue weighted by Gasteiger charge is -2.39. The van der Waals surface area contributed by atoms with Crippen molar-refractivity contribution < 1.29 is 14.3 Å². The molecule has 2 unspecified atom stereocenters. The van der Waals surface area contributed by atoms with Gasteiger partial charge < -0.3 is 14.3 Å². The highest BCUT2D eigenvalue weighted by Gasteiger charge is 2.36. The van der Waals surface area contributed by atoms with E-state index in [9.17, 15) is 5.11 Å². The van der Waals surface area contributed by atoms with Crippen LogP contribution in [0, 0.1) is 0 Å². The zero-order chi connectivity index (χ0) is 10.9. The molecule has 1 aliphatic heterocycles. The van der Waals surface area contributed by atoms with Crippen molar-refractivity contribution in [3.63, 3.8) is 0 Å². The van der Waals surface area contributed by atoms with Crippen LogP contribution in [0.25, 0.3) is 0 Å². The minimum Gasteiger partial charge on any atom is -0.472 e. The van der Waals surface area contributed by atoms with Crippen LogP contribution < -0.4 is 0 Å². The van der Waals surface area contributed by atoms with E-state index < -0.39 is 5.60 Å². The summed E-state index contributed by atoms with van der Waals surface area (Å²) >= 11 is 0. The van der Waals surface area contributed by atoms with E-state index in [0.717, 1.165) is 5.56 Å². The van der Waals surface area contributed by atoms with Crippen LogP contribution in [0.2, 0.25) is 0 Å². The summed E-state index contributed by atoms with van der Waals surface area (Å²) in [4.78, 5) is 0. The molecule has 1 N–H and O–H groups in total. The molecule has 0 aromatic carbocycles. The minimum atomic E-state index is -0.638. The average Bonchev–Trinajstić information content (AvgIpc) is 2.52. The molecule has 0 amide bonds. The number of ether oxygens (including phenoxy) is 1. The molecule has 2 rings (SSSR count). The Bertz CT molecular complexity index is 295. The number of hydrogen-bond donors (Lipinski definition) is 1. The van der Waals surface area contributed by atoms with Crippen molar-refractivity contribution in [3.8, 4) is 0 Å². The molecular formula is C12H18O3. The summed E-state index contributed by atoms with van der Waals surface area (Å²) in [5, 5.41) is 10.5. The maximum absolute atomic E-state index is 10.5. The maximum atomic E-state index is 10.5. The van der Waals surface area contributed by atoms with E-state index in [4.69, 9.17) is 9.15 Å². The molecule has 1 aromatic rings. The Morgan fingerprint density at radius 2 is 2.07 bits per heavy atom. The first-order valence-corrected chi connectivity index (χ1v) is 5.46. The van der Waals surface area contributed by atoms with E-state index in [1.807, 2.05) is 19.9 Å². The minimum absolute atomic E-state index is 0.130. The van der Waals surface area contributed by atoms with Gasteiger partial charge in [0.15, 0.2) is 0 Å². The Labute approximate surface area is 90.0 Å². The van der Waals surface area contributed by atoms with Crippen LogP contribution >= 0.6 is 0 Å². The van der Waals surface area contributed by atoms with Crippen LogP contribution in [-0.4, -0.2) is 22.9 Å². The third kappa shape index (κ3) is 2.61. The second-order valence-corrected chi connectivity index (χ2v) is 4.70. The summed E-state index contributed by atoms with van der Waals surface area (Å²) < 4.78 is 10.6. The van der Waals surface area contributed by atoms with Crippen molar-refractivity contribution in [2.75, 3.05) is 0 Å². The zero-order valence-electron chi connectivity index (χ0n) is 9.27. The molecule has 0 radical (unpaired) electrons. The highest BCUT2D eigenvalue weighted by atomic mass is 16.5. The van der Waals surface area contributed by atoms with Crippen molar-refractivity contribution in [3.05, 3.63) is 24.2 Å². The molecule has 1 aliphatic rings. The van der Waals surface area contributed by atoms with Crippen LogP contribution in [0.3, 0.4) is 0 Å². The normalized spacial score (nSPS) is 36.7. The Kier molecular flexibility index (Phi) is 2.85. The quantitative estimate of drug-likeness (QED) is 0.813. The Balaban J connectivity index is 2.05. The lowest BCUT2D eigenvalue weighted by atomic mass is 9.83. The topological polar surface area (TPSA) is 42.6 Å². The molecule has 1 fully saturated rings.